The first-order chi connectivity index (χ1) is 9.19. The molecule has 2 aromatic rings. The van der Waals surface area contributed by atoms with Gasteiger partial charge in [-0.1, -0.05) is 30.3 Å². The second-order valence-corrected chi connectivity index (χ2v) is 5.80. The third-order valence-electron chi connectivity index (χ3n) is 2.69. The molecule has 1 N–H and O–H groups in total. The highest BCUT2D eigenvalue weighted by atomic mass is 35.5. The molecule has 0 fully saturated rings. The zero-order valence-corrected chi connectivity index (χ0v) is 12.2. The van der Waals surface area contributed by atoms with Gasteiger partial charge in [0, 0.05) is 11.9 Å². The van der Waals surface area contributed by atoms with Gasteiger partial charge in [-0.2, -0.15) is 0 Å². The largest absolute Gasteiger partial charge is 0.347 e. The number of aromatic nitrogens is 1. The summed E-state index contributed by atoms with van der Waals surface area (Å²) in [6.07, 6.45) is 2.33. The highest BCUT2D eigenvalue weighted by Gasteiger charge is 2.15. The maximum atomic E-state index is 12.0. The first-order valence-corrected chi connectivity index (χ1v) is 7.37. The second-order valence-electron chi connectivity index (χ2n) is 4.26. The first kappa shape index (κ1) is 14.0. The Morgan fingerprint density at radius 2 is 2.16 bits per heavy atom. The number of halogens is 1. The molecule has 5 heteroatoms. The molecule has 0 bridgehead atoms. The Morgan fingerprint density at radius 3 is 2.74 bits per heavy atom. The summed E-state index contributed by atoms with van der Waals surface area (Å²) in [7, 11) is 0. The van der Waals surface area contributed by atoms with Gasteiger partial charge in [-0.3, -0.25) is 4.79 Å². The molecule has 2 rings (SSSR count). The van der Waals surface area contributed by atoms with Gasteiger partial charge in [0.25, 0.3) is 5.91 Å². The molecule has 0 aliphatic carbocycles. The zero-order chi connectivity index (χ0) is 13.7. The fraction of sp³-hybridized carbons (Fsp3) is 0.286. The van der Waals surface area contributed by atoms with Crippen molar-refractivity contribution in [2.45, 2.75) is 19.4 Å². The SMILES string of the molecule is Cc1ncc(C(=O)NC(CCl)Cc2ccccc2)s1. The van der Waals surface area contributed by atoms with E-state index in [2.05, 4.69) is 10.3 Å². The summed E-state index contributed by atoms with van der Waals surface area (Å²) in [6, 6.07) is 9.92. The number of carbonyl (C=O) groups excluding carboxylic acids is 1. The zero-order valence-electron chi connectivity index (χ0n) is 10.6. The molecular weight excluding hydrogens is 280 g/mol. The monoisotopic (exact) mass is 294 g/mol. The molecular formula is C14H15ClN2OS. The summed E-state index contributed by atoms with van der Waals surface area (Å²) in [5.74, 6) is 0.283. The predicted molar refractivity (Wildman–Crippen MR) is 79.0 cm³/mol. The van der Waals surface area contributed by atoms with Gasteiger partial charge in [0.05, 0.1) is 11.2 Å². The van der Waals surface area contributed by atoms with Crippen LogP contribution in [0.25, 0.3) is 0 Å². The molecule has 1 amide bonds. The number of hydrogen-bond acceptors (Lipinski definition) is 3. The van der Waals surface area contributed by atoms with Gasteiger partial charge < -0.3 is 5.32 Å². The van der Waals surface area contributed by atoms with Crippen molar-refractivity contribution < 1.29 is 4.79 Å². The molecule has 1 aromatic heterocycles. The molecule has 0 saturated heterocycles. The van der Waals surface area contributed by atoms with Gasteiger partial charge in [-0.05, 0) is 18.9 Å². The van der Waals surface area contributed by atoms with E-state index in [-0.39, 0.29) is 11.9 Å². The average molecular weight is 295 g/mol. The molecule has 19 heavy (non-hydrogen) atoms. The lowest BCUT2D eigenvalue weighted by molar-refractivity contribution is 0.0944. The van der Waals surface area contributed by atoms with Crippen LogP contribution in [0.5, 0.6) is 0 Å². The Labute approximate surface area is 121 Å². The van der Waals surface area contributed by atoms with Crippen LogP contribution in [0.2, 0.25) is 0 Å². The fourth-order valence-corrected chi connectivity index (χ4v) is 2.63. The molecule has 100 valence electrons. The molecule has 0 saturated carbocycles. The molecule has 1 unspecified atom stereocenters. The molecule has 0 radical (unpaired) electrons. The van der Waals surface area contributed by atoms with Crippen LogP contribution in [0.1, 0.15) is 20.2 Å². The molecule has 1 aromatic carbocycles. The second kappa shape index (κ2) is 6.68. The van der Waals surface area contributed by atoms with Crippen molar-refractivity contribution in [1.82, 2.24) is 10.3 Å². The summed E-state index contributed by atoms with van der Waals surface area (Å²) >= 11 is 7.32. The molecule has 0 aliphatic heterocycles. The van der Waals surface area contributed by atoms with Crippen LogP contribution >= 0.6 is 22.9 Å². The van der Waals surface area contributed by atoms with Gasteiger partial charge in [0.1, 0.15) is 4.88 Å². The van der Waals surface area contributed by atoms with Gasteiger partial charge >= 0.3 is 0 Å². The van der Waals surface area contributed by atoms with Crippen LogP contribution in [-0.4, -0.2) is 22.8 Å². The highest BCUT2D eigenvalue weighted by molar-refractivity contribution is 7.13. The van der Waals surface area contributed by atoms with E-state index in [9.17, 15) is 4.79 Å². The van der Waals surface area contributed by atoms with Crippen molar-refractivity contribution in [3.05, 3.63) is 52.0 Å². The van der Waals surface area contributed by atoms with E-state index in [1.165, 1.54) is 11.3 Å². The van der Waals surface area contributed by atoms with Crippen LogP contribution in [0.4, 0.5) is 0 Å². The Bertz CT molecular complexity index is 541. The summed E-state index contributed by atoms with van der Waals surface area (Å²) in [5.41, 5.74) is 1.16. The third kappa shape index (κ3) is 4.04. The predicted octanol–water partition coefficient (Wildman–Crippen LogP) is 3.03. The van der Waals surface area contributed by atoms with E-state index < -0.39 is 0 Å². The summed E-state index contributed by atoms with van der Waals surface area (Å²) in [4.78, 5) is 16.7. The van der Waals surface area contributed by atoms with E-state index >= 15 is 0 Å². The minimum Gasteiger partial charge on any atom is -0.347 e. The Hall–Kier alpha value is -1.39. The van der Waals surface area contributed by atoms with Gasteiger partial charge in [0.15, 0.2) is 0 Å². The van der Waals surface area contributed by atoms with E-state index in [1.807, 2.05) is 37.3 Å². The number of rotatable bonds is 5. The number of aryl methyl sites for hydroxylation is 1. The number of amides is 1. The van der Waals surface area contributed by atoms with Crippen molar-refractivity contribution in [2.24, 2.45) is 0 Å². The van der Waals surface area contributed by atoms with Crippen LogP contribution in [-0.2, 0) is 6.42 Å². The lowest BCUT2D eigenvalue weighted by atomic mass is 10.1. The molecule has 0 spiro atoms. The van der Waals surface area contributed by atoms with Crippen molar-refractivity contribution >= 4 is 28.8 Å². The van der Waals surface area contributed by atoms with Crippen LogP contribution in [0.15, 0.2) is 36.5 Å². The minimum absolute atomic E-state index is 0.0704. The van der Waals surface area contributed by atoms with Crippen molar-refractivity contribution in [3.8, 4) is 0 Å². The van der Waals surface area contributed by atoms with Gasteiger partial charge in [0.2, 0.25) is 0 Å². The van der Waals surface area contributed by atoms with Crippen molar-refractivity contribution in [2.75, 3.05) is 5.88 Å². The Balaban J connectivity index is 1.97. The lowest BCUT2D eigenvalue weighted by Gasteiger charge is -2.15. The summed E-state index contributed by atoms with van der Waals surface area (Å²) < 4.78 is 0. The molecule has 1 atom stereocenters. The number of benzene rings is 1. The van der Waals surface area contributed by atoms with Crippen LogP contribution in [0, 0.1) is 6.92 Å². The Morgan fingerprint density at radius 1 is 1.42 bits per heavy atom. The van der Waals surface area contributed by atoms with E-state index in [1.54, 1.807) is 6.20 Å². The minimum atomic E-state index is -0.104. The van der Waals surface area contributed by atoms with Gasteiger partial charge in [-0.15, -0.1) is 22.9 Å². The van der Waals surface area contributed by atoms with E-state index in [0.717, 1.165) is 17.0 Å². The van der Waals surface area contributed by atoms with Crippen molar-refractivity contribution in [1.29, 1.82) is 0 Å². The summed E-state index contributed by atoms with van der Waals surface area (Å²) in [5, 5.41) is 3.83. The highest BCUT2D eigenvalue weighted by Crippen LogP contribution is 2.12. The van der Waals surface area contributed by atoms with Gasteiger partial charge in [-0.25, -0.2) is 4.98 Å². The summed E-state index contributed by atoms with van der Waals surface area (Å²) in [6.45, 7) is 1.88. The molecule has 3 nitrogen and oxygen atoms in total. The number of carbonyl (C=O) groups is 1. The topological polar surface area (TPSA) is 42.0 Å². The average Bonchev–Trinajstić information content (AvgIpc) is 2.86. The standard InChI is InChI=1S/C14H15ClN2OS/c1-10-16-9-13(19-10)14(18)17-12(8-15)7-11-5-3-2-4-6-11/h2-6,9,12H,7-8H2,1H3,(H,17,18). The van der Waals surface area contributed by atoms with Crippen LogP contribution < -0.4 is 5.32 Å². The number of nitrogens with zero attached hydrogens (tertiary/aromatic N) is 1. The molecule has 1 heterocycles. The van der Waals surface area contributed by atoms with Crippen LogP contribution in [0.3, 0.4) is 0 Å². The maximum Gasteiger partial charge on any atom is 0.263 e. The van der Waals surface area contributed by atoms with Crippen molar-refractivity contribution in [3.63, 3.8) is 0 Å². The fourth-order valence-electron chi connectivity index (χ4n) is 1.77. The third-order valence-corrected chi connectivity index (χ3v) is 3.98. The van der Waals surface area contributed by atoms with E-state index in [4.69, 9.17) is 11.6 Å². The Kier molecular flexibility index (Phi) is 4.93. The lowest BCUT2D eigenvalue weighted by Crippen LogP contribution is -2.37. The maximum absolute atomic E-state index is 12.0. The smallest absolute Gasteiger partial charge is 0.263 e. The van der Waals surface area contributed by atoms with E-state index in [0.29, 0.717) is 10.8 Å². The number of alkyl halides is 1. The quantitative estimate of drug-likeness (QED) is 0.861. The first-order valence-electron chi connectivity index (χ1n) is 6.02. The number of hydrogen-bond donors (Lipinski definition) is 1. The molecule has 0 aliphatic rings. The number of nitrogens with one attached hydrogen (secondary N) is 1. The number of thiazole rings is 1. The normalized spacial score (nSPS) is 12.1.